The summed E-state index contributed by atoms with van der Waals surface area (Å²) in [5.74, 6) is 0.971. The molecule has 0 bridgehead atoms. The summed E-state index contributed by atoms with van der Waals surface area (Å²) in [6.07, 6.45) is 0. The molecular formula is C21H27BrO2. The molecule has 0 saturated carbocycles. The average Bonchev–Trinajstić information content (AvgIpc) is 2.48. The van der Waals surface area contributed by atoms with Crippen molar-refractivity contribution in [3.8, 4) is 5.75 Å². The van der Waals surface area contributed by atoms with Crippen LogP contribution in [0.4, 0.5) is 0 Å². The van der Waals surface area contributed by atoms with Crippen molar-refractivity contribution >= 4 is 15.9 Å². The van der Waals surface area contributed by atoms with Crippen molar-refractivity contribution in [1.82, 2.24) is 0 Å². The lowest BCUT2D eigenvalue weighted by atomic mass is 9.85. The van der Waals surface area contributed by atoms with E-state index in [0.717, 1.165) is 26.9 Å². The third-order valence-electron chi connectivity index (χ3n) is 4.11. The van der Waals surface area contributed by atoms with Crippen LogP contribution in [0.25, 0.3) is 0 Å². The Morgan fingerprint density at radius 3 is 2.17 bits per heavy atom. The molecule has 0 aliphatic carbocycles. The first-order chi connectivity index (χ1) is 11.2. The molecule has 24 heavy (non-hydrogen) atoms. The number of methoxy groups -OCH3 is 1. The van der Waals surface area contributed by atoms with Crippen molar-refractivity contribution in [2.24, 2.45) is 0 Å². The van der Waals surface area contributed by atoms with Gasteiger partial charge >= 0.3 is 0 Å². The van der Waals surface area contributed by atoms with Crippen LogP contribution in [0, 0.1) is 13.8 Å². The van der Waals surface area contributed by atoms with Gasteiger partial charge in [0.25, 0.3) is 0 Å². The van der Waals surface area contributed by atoms with Crippen LogP contribution in [0.5, 0.6) is 5.75 Å². The van der Waals surface area contributed by atoms with Gasteiger partial charge in [-0.2, -0.15) is 0 Å². The topological polar surface area (TPSA) is 18.5 Å². The molecule has 0 unspecified atom stereocenters. The molecule has 2 rings (SSSR count). The van der Waals surface area contributed by atoms with Gasteiger partial charge in [0.15, 0.2) is 0 Å². The summed E-state index contributed by atoms with van der Waals surface area (Å²) in [6.45, 7) is 12.0. The molecule has 2 aromatic carbocycles. The van der Waals surface area contributed by atoms with Crippen molar-refractivity contribution in [2.45, 2.75) is 53.2 Å². The van der Waals surface area contributed by atoms with Crippen LogP contribution < -0.4 is 4.74 Å². The quantitative estimate of drug-likeness (QED) is 0.614. The number of ether oxygens (including phenoxy) is 2. The molecular weight excluding hydrogens is 364 g/mol. The second kappa shape index (κ2) is 7.71. The molecule has 0 fully saturated rings. The Balaban J connectivity index is 2.37. The van der Waals surface area contributed by atoms with Crippen molar-refractivity contribution in [2.75, 3.05) is 7.11 Å². The predicted octanol–water partition coefficient (Wildman–Crippen LogP) is 6.09. The van der Waals surface area contributed by atoms with Gasteiger partial charge in [-0.25, -0.2) is 0 Å². The zero-order valence-electron chi connectivity index (χ0n) is 15.5. The first kappa shape index (κ1) is 19.0. The summed E-state index contributed by atoms with van der Waals surface area (Å²) in [6, 6.07) is 10.6. The predicted molar refractivity (Wildman–Crippen MR) is 104 cm³/mol. The third-order valence-corrected chi connectivity index (χ3v) is 5.04. The van der Waals surface area contributed by atoms with Gasteiger partial charge in [0.1, 0.15) is 12.4 Å². The maximum atomic E-state index is 6.16. The van der Waals surface area contributed by atoms with E-state index >= 15 is 0 Å². The van der Waals surface area contributed by atoms with Gasteiger partial charge in [0, 0.05) is 17.1 Å². The lowest BCUT2D eigenvalue weighted by Crippen LogP contribution is -2.14. The Bertz CT molecular complexity index is 694. The Morgan fingerprint density at radius 2 is 1.62 bits per heavy atom. The molecule has 0 aromatic heterocycles. The standard InChI is InChI=1S/C21H27BrO2/c1-14-8-7-9-15(2)20(14)24-13-17-10-16(12-23-6)11-18(19(17)22)21(3,4)5/h7-11H,12-13H2,1-6H3. The zero-order chi connectivity index (χ0) is 17.9. The van der Waals surface area contributed by atoms with Gasteiger partial charge in [-0.3, -0.25) is 0 Å². The van der Waals surface area contributed by atoms with Gasteiger partial charge in [-0.15, -0.1) is 0 Å². The summed E-state index contributed by atoms with van der Waals surface area (Å²) >= 11 is 3.79. The molecule has 0 atom stereocenters. The van der Waals surface area contributed by atoms with E-state index in [0.29, 0.717) is 13.2 Å². The fourth-order valence-electron chi connectivity index (χ4n) is 2.83. The summed E-state index contributed by atoms with van der Waals surface area (Å²) in [4.78, 5) is 0. The highest BCUT2D eigenvalue weighted by Gasteiger charge is 2.20. The van der Waals surface area contributed by atoms with Gasteiger partial charge in [-0.1, -0.05) is 61.0 Å². The van der Waals surface area contributed by atoms with Crippen LogP contribution in [0.2, 0.25) is 0 Å². The molecule has 2 aromatic rings. The molecule has 0 saturated heterocycles. The van der Waals surface area contributed by atoms with Gasteiger partial charge < -0.3 is 9.47 Å². The Hall–Kier alpha value is -1.32. The molecule has 3 heteroatoms. The molecule has 130 valence electrons. The number of rotatable bonds is 5. The van der Waals surface area contributed by atoms with Crippen molar-refractivity contribution < 1.29 is 9.47 Å². The fourth-order valence-corrected chi connectivity index (χ4v) is 3.77. The maximum absolute atomic E-state index is 6.16. The molecule has 0 heterocycles. The lowest BCUT2D eigenvalue weighted by molar-refractivity contribution is 0.184. The van der Waals surface area contributed by atoms with E-state index in [1.165, 1.54) is 11.1 Å². The monoisotopic (exact) mass is 390 g/mol. The average molecular weight is 391 g/mol. The summed E-state index contributed by atoms with van der Waals surface area (Å²) in [5, 5.41) is 0. The zero-order valence-corrected chi connectivity index (χ0v) is 17.1. The van der Waals surface area contributed by atoms with Gasteiger partial charge in [0.05, 0.1) is 6.61 Å². The van der Waals surface area contributed by atoms with Gasteiger partial charge in [0.2, 0.25) is 0 Å². The van der Waals surface area contributed by atoms with E-state index in [2.05, 4.69) is 80.9 Å². The normalized spacial score (nSPS) is 11.6. The second-order valence-corrected chi connectivity index (χ2v) is 8.10. The smallest absolute Gasteiger partial charge is 0.125 e. The summed E-state index contributed by atoms with van der Waals surface area (Å²) in [5.41, 5.74) is 5.97. The number of para-hydroxylation sites is 1. The maximum Gasteiger partial charge on any atom is 0.125 e. The highest BCUT2D eigenvalue weighted by Crippen LogP contribution is 2.34. The van der Waals surface area contributed by atoms with Crippen LogP contribution in [0.1, 0.15) is 48.6 Å². The Morgan fingerprint density at radius 1 is 1.00 bits per heavy atom. The van der Waals surface area contributed by atoms with E-state index in [1.54, 1.807) is 7.11 Å². The third kappa shape index (κ3) is 4.40. The molecule has 0 radical (unpaired) electrons. The highest BCUT2D eigenvalue weighted by atomic mass is 79.9. The van der Waals surface area contributed by atoms with Crippen molar-refractivity contribution in [3.05, 3.63) is 62.6 Å². The van der Waals surface area contributed by atoms with E-state index < -0.39 is 0 Å². The highest BCUT2D eigenvalue weighted by molar-refractivity contribution is 9.10. The number of aryl methyl sites for hydroxylation is 2. The van der Waals surface area contributed by atoms with E-state index in [-0.39, 0.29) is 5.41 Å². The Kier molecular flexibility index (Phi) is 6.11. The van der Waals surface area contributed by atoms with Crippen LogP contribution in [0.3, 0.4) is 0 Å². The van der Waals surface area contributed by atoms with E-state index in [4.69, 9.17) is 9.47 Å². The fraction of sp³-hybridized carbons (Fsp3) is 0.429. The minimum absolute atomic E-state index is 0.0515. The molecule has 0 aliphatic heterocycles. The molecule has 0 spiro atoms. The number of hydrogen-bond acceptors (Lipinski definition) is 2. The SMILES string of the molecule is COCc1cc(COc2c(C)cccc2C)c(Br)c(C(C)(C)C)c1. The number of hydrogen-bond donors (Lipinski definition) is 0. The van der Waals surface area contributed by atoms with Crippen LogP contribution in [-0.4, -0.2) is 7.11 Å². The lowest BCUT2D eigenvalue weighted by Gasteiger charge is -2.24. The summed E-state index contributed by atoms with van der Waals surface area (Å²) < 4.78 is 12.6. The second-order valence-electron chi connectivity index (χ2n) is 7.31. The van der Waals surface area contributed by atoms with Crippen LogP contribution in [-0.2, 0) is 23.4 Å². The van der Waals surface area contributed by atoms with Crippen molar-refractivity contribution in [3.63, 3.8) is 0 Å². The minimum atomic E-state index is 0.0515. The van der Waals surface area contributed by atoms with E-state index in [1.807, 2.05) is 0 Å². The number of halogens is 1. The minimum Gasteiger partial charge on any atom is -0.488 e. The van der Waals surface area contributed by atoms with Gasteiger partial charge in [-0.05, 0) is 47.6 Å². The van der Waals surface area contributed by atoms with Crippen LogP contribution >= 0.6 is 15.9 Å². The van der Waals surface area contributed by atoms with Crippen LogP contribution in [0.15, 0.2) is 34.8 Å². The first-order valence-electron chi connectivity index (χ1n) is 8.23. The Labute approximate surface area is 154 Å². The molecule has 0 aliphatic rings. The molecule has 0 N–H and O–H groups in total. The van der Waals surface area contributed by atoms with Crippen molar-refractivity contribution in [1.29, 1.82) is 0 Å². The van der Waals surface area contributed by atoms with E-state index in [9.17, 15) is 0 Å². The summed E-state index contributed by atoms with van der Waals surface area (Å²) in [7, 11) is 1.73. The largest absolute Gasteiger partial charge is 0.488 e. The first-order valence-corrected chi connectivity index (χ1v) is 9.03. The number of benzene rings is 2. The molecule has 0 amide bonds. The molecule has 2 nitrogen and oxygen atoms in total.